The lowest BCUT2D eigenvalue weighted by Gasteiger charge is -2.18. The molecule has 0 radical (unpaired) electrons. The van der Waals surface area contributed by atoms with Crippen molar-refractivity contribution in [3.63, 3.8) is 0 Å². The van der Waals surface area contributed by atoms with Crippen molar-refractivity contribution >= 4 is 17.3 Å². The predicted octanol–water partition coefficient (Wildman–Crippen LogP) is 2.26. The van der Waals surface area contributed by atoms with Crippen molar-refractivity contribution in [1.29, 1.82) is 0 Å². The van der Waals surface area contributed by atoms with Crippen LogP contribution in [0.4, 0.5) is 15.8 Å². The number of nitrogens with two attached hydrogens (primary N) is 2. The van der Waals surface area contributed by atoms with Crippen LogP contribution in [0, 0.1) is 5.82 Å². The van der Waals surface area contributed by atoms with Crippen molar-refractivity contribution in [3.8, 4) is 0 Å². The first-order valence-corrected chi connectivity index (χ1v) is 6.11. The molecular formula is C15H16FN3O. The normalized spacial score (nSPS) is 10.3. The Balaban J connectivity index is 2.14. The van der Waals surface area contributed by atoms with E-state index in [1.807, 2.05) is 0 Å². The van der Waals surface area contributed by atoms with Crippen LogP contribution >= 0.6 is 0 Å². The van der Waals surface area contributed by atoms with Crippen LogP contribution in [-0.4, -0.2) is 17.9 Å². The minimum absolute atomic E-state index is 0.187. The summed E-state index contributed by atoms with van der Waals surface area (Å²) in [7, 11) is 1.67. The standard InChI is InChI=1S/C15H16FN3O/c1-19(9-10-2-4-12(16)5-3-10)15(20)11-6-13(17)8-14(18)7-11/h2-8H,9,17-18H2,1H3. The molecule has 4 nitrogen and oxygen atoms in total. The molecule has 104 valence electrons. The number of benzene rings is 2. The molecule has 0 bridgehead atoms. The summed E-state index contributed by atoms with van der Waals surface area (Å²) in [6, 6.07) is 10.8. The molecule has 20 heavy (non-hydrogen) atoms. The van der Waals surface area contributed by atoms with E-state index >= 15 is 0 Å². The average molecular weight is 273 g/mol. The van der Waals surface area contributed by atoms with Gasteiger partial charge in [-0.3, -0.25) is 4.79 Å². The Morgan fingerprint density at radius 1 is 1.10 bits per heavy atom. The summed E-state index contributed by atoms with van der Waals surface area (Å²) in [6.45, 7) is 0.383. The first-order valence-electron chi connectivity index (χ1n) is 6.11. The Bertz CT molecular complexity index is 605. The minimum Gasteiger partial charge on any atom is -0.399 e. The van der Waals surface area contributed by atoms with Gasteiger partial charge >= 0.3 is 0 Å². The van der Waals surface area contributed by atoms with Crippen LogP contribution in [0.2, 0.25) is 0 Å². The molecule has 2 aromatic rings. The van der Waals surface area contributed by atoms with Gasteiger partial charge in [0.2, 0.25) is 0 Å². The van der Waals surface area contributed by atoms with Gasteiger partial charge in [-0.15, -0.1) is 0 Å². The van der Waals surface area contributed by atoms with Crippen LogP contribution < -0.4 is 11.5 Å². The van der Waals surface area contributed by atoms with E-state index in [1.54, 1.807) is 37.4 Å². The van der Waals surface area contributed by atoms with Crippen LogP contribution in [0.5, 0.6) is 0 Å². The van der Waals surface area contributed by atoms with Crippen LogP contribution in [0.15, 0.2) is 42.5 Å². The maximum Gasteiger partial charge on any atom is 0.254 e. The summed E-state index contributed by atoms with van der Waals surface area (Å²) in [5.41, 5.74) is 13.5. The topological polar surface area (TPSA) is 72.3 Å². The number of halogens is 1. The lowest BCUT2D eigenvalue weighted by molar-refractivity contribution is 0.0785. The zero-order chi connectivity index (χ0) is 14.7. The molecule has 2 rings (SSSR count). The summed E-state index contributed by atoms with van der Waals surface area (Å²) in [4.78, 5) is 13.8. The fourth-order valence-electron chi connectivity index (χ4n) is 1.96. The number of nitrogens with zero attached hydrogens (tertiary/aromatic N) is 1. The van der Waals surface area contributed by atoms with Crippen LogP contribution in [0.25, 0.3) is 0 Å². The lowest BCUT2D eigenvalue weighted by Crippen LogP contribution is -2.26. The van der Waals surface area contributed by atoms with Crippen molar-refractivity contribution in [2.75, 3.05) is 18.5 Å². The summed E-state index contributed by atoms with van der Waals surface area (Å²) in [5, 5.41) is 0. The van der Waals surface area contributed by atoms with E-state index in [-0.39, 0.29) is 11.7 Å². The van der Waals surface area contributed by atoms with Crippen molar-refractivity contribution < 1.29 is 9.18 Å². The minimum atomic E-state index is -0.300. The molecule has 0 saturated carbocycles. The van der Waals surface area contributed by atoms with Crippen molar-refractivity contribution in [1.82, 2.24) is 4.90 Å². The fraction of sp³-hybridized carbons (Fsp3) is 0.133. The van der Waals surface area contributed by atoms with Gasteiger partial charge in [0.05, 0.1) is 0 Å². The number of carbonyl (C=O) groups excluding carboxylic acids is 1. The van der Waals surface area contributed by atoms with Crippen LogP contribution in [-0.2, 0) is 6.54 Å². The van der Waals surface area contributed by atoms with Gasteiger partial charge in [0.15, 0.2) is 0 Å². The number of rotatable bonds is 3. The maximum absolute atomic E-state index is 12.8. The summed E-state index contributed by atoms with van der Waals surface area (Å²) < 4.78 is 12.8. The van der Waals surface area contributed by atoms with Gasteiger partial charge in [-0.25, -0.2) is 4.39 Å². The Morgan fingerprint density at radius 3 is 2.20 bits per heavy atom. The molecule has 0 atom stereocenters. The number of hydrogen-bond donors (Lipinski definition) is 2. The van der Waals surface area contributed by atoms with E-state index in [4.69, 9.17) is 11.5 Å². The third kappa shape index (κ3) is 3.26. The Morgan fingerprint density at radius 2 is 1.65 bits per heavy atom. The number of hydrogen-bond acceptors (Lipinski definition) is 3. The summed E-state index contributed by atoms with van der Waals surface area (Å²) >= 11 is 0. The molecule has 0 saturated heterocycles. The Kier molecular flexibility index (Phi) is 3.89. The zero-order valence-corrected chi connectivity index (χ0v) is 11.1. The molecule has 0 fully saturated rings. The third-order valence-electron chi connectivity index (χ3n) is 2.90. The number of nitrogen functional groups attached to an aromatic ring is 2. The van der Waals surface area contributed by atoms with Gasteiger partial charge < -0.3 is 16.4 Å². The van der Waals surface area contributed by atoms with E-state index < -0.39 is 0 Å². The Hall–Kier alpha value is -2.56. The van der Waals surface area contributed by atoms with Gasteiger partial charge in [0.25, 0.3) is 5.91 Å². The molecule has 0 aromatic heterocycles. The first-order chi connectivity index (χ1) is 9.45. The predicted molar refractivity (Wildman–Crippen MR) is 77.5 cm³/mol. The van der Waals surface area contributed by atoms with Crippen LogP contribution in [0.3, 0.4) is 0 Å². The second-order valence-electron chi connectivity index (χ2n) is 4.68. The second kappa shape index (κ2) is 5.61. The monoisotopic (exact) mass is 273 g/mol. The number of amides is 1. The van der Waals surface area contributed by atoms with E-state index in [0.717, 1.165) is 5.56 Å². The maximum atomic E-state index is 12.8. The van der Waals surface area contributed by atoms with E-state index in [1.165, 1.54) is 17.0 Å². The molecule has 0 unspecified atom stereocenters. The van der Waals surface area contributed by atoms with Gasteiger partial charge in [0, 0.05) is 30.5 Å². The van der Waals surface area contributed by atoms with Gasteiger partial charge in [-0.1, -0.05) is 12.1 Å². The zero-order valence-electron chi connectivity index (χ0n) is 11.1. The highest BCUT2D eigenvalue weighted by molar-refractivity contribution is 5.95. The second-order valence-corrected chi connectivity index (χ2v) is 4.68. The summed E-state index contributed by atoms with van der Waals surface area (Å²) in [5.74, 6) is -0.486. The molecule has 0 aliphatic heterocycles. The first kappa shape index (κ1) is 13.9. The van der Waals surface area contributed by atoms with Crippen molar-refractivity contribution in [3.05, 3.63) is 59.4 Å². The molecule has 0 aliphatic rings. The quantitative estimate of drug-likeness (QED) is 0.842. The molecule has 0 aliphatic carbocycles. The number of anilines is 2. The molecule has 0 spiro atoms. The molecule has 2 aromatic carbocycles. The molecule has 1 amide bonds. The smallest absolute Gasteiger partial charge is 0.254 e. The third-order valence-corrected chi connectivity index (χ3v) is 2.90. The van der Waals surface area contributed by atoms with E-state index in [0.29, 0.717) is 23.5 Å². The fourth-order valence-corrected chi connectivity index (χ4v) is 1.96. The highest BCUT2D eigenvalue weighted by Gasteiger charge is 2.13. The molecule has 0 heterocycles. The number of carbonyl (C=O) groups is 1. The summed E-state index contributed by atoms with van der Waals surface area (Å²) in [6.07, 6.45) is 0. The Labute approximate surface area is 116 Å². The van der Waals surface area contributed by atoms with Crippen molar-refractivity contribution in [2.45, 2.75) is 6.54 Å². The lowest BCUT2D eigenvalue weighted by atomic mass is 10.1. The largest absolute Gasteiger partial charge is 0.399 e. The van der Waals surface area contributed by atoms with E-state index in [9.17, 15) is 9.18 Å². The molecule has 5 heteroatoms. The van der Waals surface area contributed by atoms with Gasteiger partial charge in [0.1, 0.15) is 5.82 Å². The highest BCUT2D eigenvalue weighted by atomic mass is 19.1. The van der Waals surface area contributed by atoms with Gasteiger partial charge in [-0.05, 0) is 35.9 Å². The van der Waals surface area contributed by atoms with Crippen LogP contribution in [0.1, 0.15) is 15.9 Å². The highest BCUT2D eigenvalue weighted by Crippen LogP contribution is 2.16. The van der Waals surface area contributed by atoms with Gasteiger partial charge in [-0.2, -0.15) is 0 Å². The van der Waals surface area contributed by atoms with Crippen molar-refractivity contribution in [2.24, 2.45) is 0 Å². The molecule has 4 N–H and O–H groups in total. The molecular weight excluding hydrogens is 257 g/mol. The SMILES string of the molecule is CN(Cc1ccc(F)cc1)C(=O)c1cc(N)cc(N)c1. The average Bonchev–Trinajstić information content (AvgIpc) is 2.39. The van der Waals surface area contributed by atoms with E-state index in [2.05, 4.69) is 0 Å².